The second-order valence-electron chi connectivity index (χ2n) is 6.36. The molecule has 3 heterocycles. The van der Waals surface area contributed by atoms with Gasteiger partial charge >= 0.3 is 0 Å². The van der Waals surface area contributed by atoms with E-state index in [0.29, 0.717) is 36.7 Å². The van der Waals surface area contributed by atoms with Crippen molar-refractivity contribution in [2.24, 2.45) is 0 Å². The molecule has 0 saturated carbocycles. The Morgan fingerprint density at radius 2 is 2.22 bits per heavy atom. The van der Waals surface area contributed by atoms with E-state index in [0.717, 1.165) is 18.6 Å². The summed E-state index contributed by atoms with van der Waals surface area (Å²) >= 11 is 0. The Hall–Kier alpha value is -3.10. The van der Waals surface area contributed by atoms with E-state index in [1.165, 1.54) is 23.1 Å². The van der Waals surface area contributed by atoms with E-state index < -0.39 is 11.6 Å². The first kappa shape index (κ1) is 17.3. The van der Waals surface area contributed by atoms with Gasteiger partial charge in [0.1, 0.15) is 23.5 Å². The summed E-state index contributed by atoms with van der Waals surface area (Å²) in [5.41, 5.74) is 0.998. The van der Waals surface area contributed by atoms with E-state index in [-0.39, 0.29) is 17.5 Å². The zero-order chi connectivity index (χ0) is 19.0. The lowest BCUT2D eigenvalue weighted by atomic mass is 10.0. The van der Waals surface area contributed by atoms with Gasteiger partial charge in [-0.1, -0.05) is 0 Å². The fourth-order valence-corrected chi connectivity index (χ4v) is 3.44. The minimum Gasteiger partial charge on any atom is -0.352 e. The molecule has 3 aromatic rings. The summed E-state index contributed by atoms with van der Waals surface area (Å²) < 4.78 is 29.3. The second kappa shape index (κ2) is 6.90. The van der Waals surface area contributed by atoms with Gasteiger partial charge in [-0.2, -0.15) is 10.1 Å². The normalized spacial score (nSPS) is 16.9. The largest absolute Gasteiger partial charge is 0.352 e. The van der Waals surface area contributed by atoms with E-state index in [1.807, 2.05) is 11.8 Å². The van der Waals surface area contributed by atoms with E-state index >= 15 is 0 Å². The molecule has 2 aromatic heterocycles. The van der Waals surface area contributed by atoms with E-state index in [9.17, 15) is 13.6 Å². The monoisotopic (exact) mass is 372 g/mol. The minimum atomic E-state index is -0.482. The number of halogens is 2. The first-order chi connectivity index (χ1) is 13.1. The molecule has 1 N–H and O–H groups in total. The number of hydrogen-bond donors (Lipinski definition) is 1. The van der Waals surface area contributed by atoms with Crippen molar-refractivity contribution in [2.45, 2.75) is 25.8 Å². The van der Waals surface area contributed by atoms with Crippen molar-refractivity contribution >= 4 is 17.5 Å². The highest BCUT2D eigenvalue weighted by molar-refractivity contribution is 5.99. The number of rotatable bonds is 4. The van der Waals surface area contributed by atoms with E-state index in [1.54, 1.807) is 0 Å². The minimum absolute atomic E-state index is 0.272. The fraction of sp³-hybridized carbons (Fsp3) is 0.333. The molecule has 1 amide bonds. The molecule has 1 aliphatic rings. The summed E-state index contributed by atoms with van der Waals surface area (Å²) in [6.45, 7) is 2.93. The molecule has 0 radical (unpaired) electrons. The lowest BCUT2D eigenvalue weighted by Crippen LogP contribution is -2.26. The van der Waals surface area contributed by atoms with E-state index in [4.69, 9.17) is 0 Å². The number of carbonyl (C=O) groups excluding carboxylic acids is 1. The molecule has 0 unspecified atom stereocenters. The van der Waals surface area contributed by atoms with Gasteiger partial charge < -0.3 is 10.2 Å². The Labute approximate surface area is 154 Å². The van der Waals surface area contributed by atoms with Gasteiger partial charge in [-0.25, -0.2) is 18.3 Å². The molecular weight excluding hydrogens is 354 g/mol. The maximum atomic E-state index is 14.3. The number of benzene rings is 1. The highest BCUT2D eigenvalue weighted by atomic mass is 19.1. The van der Waals surface area contributed by atoms with Crippen LogP contribution in [0.2, 0.25) is 0 Å². The summed E-state index contributed by atoms with van der Waals surface area (Å²) in [5.74, 6) is -0.850. The van der Waals surface area contributed by atoms with Gasteiger partial charge in [0.05, 0.1) is 12.2 Å². The van der Waals surface area contributed by atoms with Crippen LogP contribution in [0.4, 0.5) is 14.7 Å². The zero-order valence-electron chi connectivity index (χ0n) is 14.7. The Kier molecular flexibility index (Phi) is 4.43. The highest BCUT2D eigenvalue weighted by Gasteiger charge is 2.31. The van der Waals surface area contributed by atoms with E-state index in [2.05, 4.69) is 20.4 Å². The molecule has 1 fully saturated rings. The van der Waals surface area contributed by atoms with Crippen LogP contribution >= 0.6 is 0 Å². The molecule has 140 valence electrons. The van der Waals surface area contributed by atoms with Gasteiger partial charge in [0.15, 0.2) is 5.65 Å². The molecule has 27 heavy (non-hydrogen) atoms. The topological polar surface area (TPSA) is 75.4 Å². The zero-order valence-corrected chi connectivity index (χ0v) is 14.7. The summed E-state index contributed by atoms with van der Waals surface area (Å²) in [7, 11) is 0. The van der Waals surface area contributed by atoms with Crippen LogP contribution in [0.15, 0.2) is 30.7 Å². The number of nitrogens with one attached hydrogen (secondary N) is 1. The van der Waals surface area contributed by atoms with Crippen LogP contribution in [-0.4, -0.2) is 38.6 Å². The molecule has 7 nitrogen and oxygen atoms in total. The molecule has 1 aromatic carbocycles. The van der Waals surface area contributed by atoms with Crippen molar-refractivity contribution in [3.8, 4) is 0 Å². The standard InChI is InChI=1S/C18H18F2N6O/c1-2-21-17(27)13-9-23-26-10-22-18(24-16(13)26)25-7-3-4-15(25)12-8-11(19)5-6-14(12)20/h5-6,8-10,15H,2-4,7H2,1H3,(H,21,27)/t15-/m1/s1. The van der Waals surface area contributed by atoms with Gasteiger partial charge in [-0.3, -0.25) is 4.79 Å². The van der Waals surface area contributed by atoms with Crippen molar-refractivity contribution < 1.29 is 13.6 Å². The average molecular weight is 372 g/mol. The Balaban J connectivity index is 1.73. The number of carbonyl (C=O) groups is 1. The summed E-state index contributed by atoms with van der Waals surface area (Å²) in [6, 6.07) is 3.09. The quantitative estimate of drug-likeness (QED) is 0.762. The molecule has 4 rings (SSSR count). The Morgan fingerprint density at radius 3 is 3.04 bits per heavy atom. The first-order valence-electron chi connectivity index (χ1n) is 8.78. The maximum absolute atomic E-state index is 14.3. The summed E-state index contributed by atoms with van der Waals surface area (Å²) in [6.07, 6.45) is 4.37. The molecule has 0 spiro atoms. The van der Waals surface area contributed by atoms with Crippen LogP contribution in [0.3, 0.4) is 0 Å². The van der Waals surface area contributed by atoms with Crippen LogP contribution in [0.5, 0.6) is 0 Å². The third-order valence-corrected chi connectivity index (χ3v) is 4.67. The SMILES string of the molecule is CCNC(=O)c1cnn2cnc(N3CCC[C@@H]3c3cc(F)ccc3F)nc12. The first-order valence-corrected chi connectivity index (χ1v) is 8.78. The third kappa shape index (κ3) is 3.09. The Morgan fingerprint density at radius 1 is 1.37 bits per heavy atom. The number of nitrogens with zero attached hydrogens (tertiary/aromatic N) is 5. The van der Waals surface area contributed by atoms with Gasteiger partial charge in [0.25, 0.3) is 5.91 Å². The van der Waals surface area contributed by atoms with Crippen LogP contribution in [-0.2, 0) is 0 Å². The number of aromatic nitrogens is 4. The number of hydrogen-bond acceptors (Lipinski definition) is 5. The van der Waals surface area contributed by atoms with Gasteiger partial charge in [0.2, 0.25) is 5.95 Å². The number of amides is 1. The summed E-state index contributed by atoms with van der Waals surface area (Å²) in [4.78, 5) is 22.8. The molecule has 1 aliphatic heterocycles. The predicted molar refractivity (Wildman–Crippen MR) is 94.5 cm³/mol. The van der Waals surface area contributed by atoms with Crippen molar-refractivity contribution in [1.29, 1.82) is 0 Å². The Bertz CT molecular complexity index is 1000. The highest BCUT2D eigenvalue weighted by Crippen LogP contribution is 2.36. The van der Waals surface area contributed by atoms with Gasteiger partial charge in [-0.15, -0.1) is 0 Å². The lowest BCUT2D eigenvalue weighted by Gasteiger charge is -2.25. The van der Waals surface area contributed by atoms with Crippen molar-refractivity contribution in [2.75, 3.05) is 18.0 Å². The van der Waals surface area contributed by atoms with Crippen LogP contribution in [0, 0.1) is 11.6 Å². The number of fused-ring (bicyclic) bond motifs is 1. The average Bonchev–Trinajstić information content (AvgIpc) is 3.30. The van der Waals surface area contributed by atoms with Gasteiger partial charge in [0, 0.05) is 18.7 Å². The van der Waals surface area contributed by atoms with Crippen LogP contribution < -0.4 is 10.2 Å². The van der Waals surface area contributed by atoms with Crippen molar-refractivity contribution in [3.05, 3.63) is 53.5 Å². The van der Waals surface area contributed by atoms with Crippen molar-refractivity contribution in [3.63, 3.8) is 0 Å². The predicted octanol–water partition coefficient (Wildman–Crippen LogP) is 2.49. The molecule has 1 saturated heterocycles. The van der Waals surface area contributed by atoms with Crippen molar-refractivity contribution in [1.82, 2.24) is 24.9 Å². The maximum Gasteiger partial charge on any atom is 0.256 e. The van der Waals surface area contributed by atoms with Crippen LogP contribution in [0.25, 0.3) is 5.65 Å². The van der Waals surface area contributed by atoms with Crippen LogP contribution in [0.1, 0.15) is 41.7 Å². The smallest absolute Gasteiger partial charge is 0.256 e. The molecular formula is C18H18F2N6O. The molecule has 0 bridgehead atoms. The second-order valence-corrected chi connectivity index (χ2v) is 6.36. The number of anilines is 1. The fourth-order valence-electron chi connectivity index (χ4n) is 3.44. The summed E-state index contributed by atoms with van der Waals surface area (Å²) in [5, 5.41) is 6.82. The molecule has 9 heteroatoms. The molecule has 1 atom stereocenters. The third-order valence-electron chi connectivity index (χ3n) is 4.67. The van der Waals surface area contributed by atoms with Gasteiger partial charge in [-0.05, 0) is 38.0 Å². The molecule has 0 aliphatic carbocycles. The lowest BCUT2D eigenvalue weighted by molar-refractivity contribution is 0.0957.